The van der Waals surface area contributed by atoms with E-state index in [0.717, 1.165) is 10.5 Å². The first-order valence-electron chi connectivity index (χ1n) is 8.09. The normalized spacial score (nSPS) is 11.9. The first-order valence-corrected chi connectivity index (χ1v) is 9.85. The number of thiazole rings is 1. The molecule has 0 radical (unpaired) electrons. The highest BCUT2D eigenvalue weighted by atomic mass is 32.2. The lowest BCUT2D eigenvalue weighted by Gasteiger charge is -2.13. The van der Waals surface area contributed by atoms with Crippen molar-refractivity contribution in [1.82, 2.24) is 4.98 Å². The van der Waals surface area contributed by atoms with Gasteiger partial charge in [0.25, 0.3) is 0 Å². The van der Waals surface area contributed by atoms with Crippen molar-refractivity contribution >= 4 is 39.8 Å². The second-order valence-corrected chi connectivity index (χ2v) is 7.75. The SMILES string of the molecule is CCC(Sc1ccc(N)cc1)C(=O)Nc1nc(-c2ccc(F)cc2)cs1. The van der Waals surface area contributed by atoms with Crippen LogP contribution in [0.2, 0.25) is 0 Å². The lowest BCUT2D eigenvalue weighted by Crippen LogP contribution is -2.24. The number of nitrogens with two attached hydrogens (primary N) is 1. The summed E-state index contributed by atoms with van der Waals surface area (Å²) in [5.74, 6) is -0.377. The highest BCUT2D eigenvalue weighted by molar-refractivity contribution is 8.00. The van der Waals surface area contributed by atoms with E-state index in [1.54, 1.807) is 12.1 Å². The van der Waals surface area contributed by atoms with Gasteiger partial charge in [0.1, 0.15) is 5.82 Å². The Bertz CT molecular complexity index is 879. The average molecular weight is 388 g/mol. The molecule has 3 rings (SSSR count). The van der Waals surface area contributed by atoms with Crippen molar-refractivity contribution in [2.24, 2.45) is 0 Å². The van der Waals surface area contributed by atoms with Crippen LogP contribution in [0.5, 0.6) is 0 Å². The summed E-state index contributed by atoms with van der Waals surface area (Å²) in [6, 6.07) is 13.6. The molecular formula is C19H18FN3OS2. The summed E-state index contributed by atoms with van der Waals surface area (Å²) in [6.45, 7) is 1.97. The number of hydrogen-bond acceptors (Lipinski definition) is 5. The maximum atomic E-state index is 13.0. The molecule has 4 nitrogen and oxygen atoms in total. The molecule has 0 saturated heterocycles. The summed E-state index contributed by atoms with van der Waals surface area (Å²) >= 11 is 2.85. The molecular weight excluding hydrogens is 369 g/mol. The minimum absolute atomic E-state index is 0.0886. The number of nitrogen functional groups attached to an aromatic ring is 1. The summed E-state index contributed by atoms with van der Waals surface area (Å²) in [5.41, 5.74) is 7.92. The van der Waals surface area contributed by atoms with Crippen LogP contribution in [-0.4, -0.2) is 16.1 Å². The van der Waals surface area contributed by atoms with Gasteiger partial charge in [0, 0.05) is 21.5 Å². The Morgan fingerprint density at radius 2 is 1.92 bits per heavy atom. The summed E-state index contributed by atoms with van der Waals surface area (Å²) < 4.78 is 13.0. The summed E-state index contributed by atoms with van der Waals surface area (Å²) in [5, 5.41) is 5.03. The van der Waals surface area contributed by atoms with E-state index >= 15 is 0 Å². The van der Waals surface area contributed by atoms with Crippen LogP contribution >= 0.6 is 23.1 Å². The second kappa shape index (κ2) is 8.33. The van der Waals surface area contributed by atoms with Gasteiger partial charge in [0.2, 0.25) is 5.91 Å². The molecule has 3 aromatic rings. The van der Waals surface area contributed by atoms with Gasteiger partial charge in [-0.15, -0.1) is 23.1 Å². The third kappa shape index (κ3) is 4.62. The first-order chi connectivity index (χ1) is 12.5. The molecule has 134 valence electrons. The molecule has 1 atom stereocenters. The zero-order chi connectivity index (χ0) is 18.5. The third-order valence-electron chi connectivity index (χ3n) is 3.70. The minimum atomic E-state index is -0.289. The van der Waals surface area contributed by atoms with E-state index in [9.17, 15) is 9.18 Å². The Kier molecular flexibility index (Phi) is 5.90. The number of amides is 1. The van der Waals surface area contributed by atoms with Crippen molar-refractivity contribution < 1.29 is 9.18 Å². The third-order valence-corrected chi connectivity index (χ3v) is 5.83. The number of carbonyl (C=O) groups excluding carboxylic acids is 1. The predicted molar refractivity (Wildman–Crippen MR) is 107 cm³/mol. The highest BCUT2D eigenvalue weighted by Crippen LogP contribution is 2.29. The fraction of sp³-hybridized carbons (Fsp3) is 0.158. The Hall–Kier alpha value is -2.38. The molecule has 1 unspecified atom stereocenters. The molecule has 0 bridgehead atoms. The van der Waals surface area contributed by atoms with Gasteiger partial charge < -0.3 is 11.1 Å². The Balaban J connectivity index is 1.66. The molecule has 26 heavy (non-hydrogen) atoms. The van der Waals surface area contributed by atoms with Gasteiger partial charge in [-0.25, -0.2) is 9.37 Å². The highest BCUT2D eigenvalue weighted by Gasteiger charge is 2.19. The van der Waals surface area contributed by atoms with E-state index in [0.29, 0.717) is 22.9 Å². The average Bonchev–Trinajstić information content (AvgIpc) is 3.10. The van der Waals surface area contributed by atoms with Gasteiger partial charge in [-0.05, 0) is 55.0 Å². The van der Waals surface area contributed by atoms with E-state index < -0.39 is 0 Å². The molecule has 3 N–H and O–H groups in total. The molecule has 0 aliphatic carbocycles. The van der Waals surface area contributed by atoms with E-state index in [1.165, 1.54) is 35.2 Å². The van der Waals surface area contributed by atoms with Crippen LogP contribution in [-0.2, 0) is 4.79 Å². The Labute approximate surface area is 159 Å². The number of thioether (sulfide) groups is 1. The topological polar surface area (TPSA) is 68.0 Å². The molecule has 0 fully saturated rings. The number of benzene rings is 2. The fourth-order valence-electron chi connectivity index (χ4n) is 2.30. The van der Waals surface area contributed by atoms with Gasteiger partial charge >= 0.3 is 0 Å². The van der Waals surface area contributed by atoms with E-state index in [-0.39, 0.29) is 17.0 Å². The van der Waals surface area contributed by atoms with Crippen LogP contribution in [0.1, 0.15) is 13.3 Å². The standard InChI is InChI=1S/C19H18FN3OS2/c1-2-17(26-15-9-7-14(21)8-10-15)18(24)23-19-22-16(11-25-19)12-3-5-13(20)6-4-12/h3-11,17H,2,21H2,1H3,(H,22,23,24). The van der Waals surface area contributed by atoms with Crippen LogP contribution in [0.25, 0.3) is 11.3 Å². The van der Waals surface area contributed by atoms with Crippen LogP contribution in [0, 0.1) is 5.82 Å². The van der Waals surface area contributed by atoms with Gasteiger partial charge in [0.05, 0.1) is 10.9 Å². The van der Waals surface area contributed by atoms with Gasteiger partial charge in [0.15, 0.2) is 5.13 Å². The van der Waals surface area contributed by atoms with Crippen molar-refractivity contribution in [3.8, 4) is 11.3 Å². The number of hydrogen-bond donors (Lipinski definition) is 2. The molecule has 0 aliphatic heterocycles. The number of nitrogens with one attached hydrogen (secondary N) is 1. The summed E-state index contributed by atoms with van der Waals surface area (Å²) in [4.78, 5) is 18.0. The van der Waals surface area contributed by atoms with E-state index in [1.807, 2.05) is 36.6 Å². The maximum Gasteiger partial charge on any atom is 0.239 e. The van der Waals surface area contributed by atoms with Gasteiger partial charge in [-0.2, -0.15) is 0 Å². The molecule has 1 heterocycles. The molecule has 0 saturated carbocycles. The summed E-state index contributed by atoms with van der Waals surface area (Å²) in [7, 11) is 0. The summed E-state index contributed by atoms with van der Waals surface area (Å²) in [6.07, 6.45) is 0.692. The quantitative estimate of drug-likeness (QED) is 0.459. The van der Waals surface area contributed by atoms with Crippen molar-refractivity contribution in [2.75, 3.05) is 11.1 Å². The zero-order valence-corrected chi connectivity index (χ0v) is 15.7. The number of rotatable bonds is 6. The molecule has 0 aliphatic rings. The maximum absolute atomic E-state index is 13.0. The lowest BCUT2D eigenvalue weighted by molar-refractivity contribution is -0.115. The van der Waals surface area contributed by atoms with Crippen LogP contribution in [0.15, 0.2) is 58.8 Å². The smallest absolute Gasteiger partial charge is 0.239 e. The Morgan fingerprint density at radius 1 is 1.23 bits per heavy atom. The number of aromatic nitrogens is 1. The Morgan fingerprint density at radius 3 is 2.58 bits per heavy atom. The predicted octanol–water partition coefficient (Wildman–Crippen LogP) is 5.04. The molecule has 1 amide bonds. The van der Waals surface area contributed by atoms with Crippen molar-refractivity contribution in [3.63, 3.8) is 0 Å². The largest absolute Gasteiger partial charge is 0.399 e. The molecule has 1 aromatic heterocycles. The monoisotopic (exact) mass is 387 g/mol. The van der Waals surface area contributed by atoms with Gasteiger partial charge in [-0.3, -0.25) is 4.79 Å². The number of halogens is 1. The van der Waals surface area contributed by atoms with E-state index in [4.69, 9.17) is 5.73 Å². The molecule has 7 heteroatoms. The fourth-order valence-corrected chi connectivity index (χ4v) is 3.98. The van der Waals surface area contributed by atoms with Crippen molar-refractivity contribution in [3.05, 3.63) is 59.7 Å². The minimum Gasteiger partial charge on any atom is -0.399 e. The van der Waals surface area contributed by atoms with E-state index in [2.05, 4.69) is 10.3 Å². The van der Waals surface area contributed by atoms with Gasteiger partial charge in [-0.1, -0.05) is 6.92 Å². The number of anilines is 2. The molecule has 0 spiro atoms. The number of carbonyl (C=O) groups is 1. The van der Waals surface area contributed by atoms with Crippen molar-refractivity contribution in [1.29, 1.82) is 0 Å². The van der Waals surface area contributed by atoms with Crippen LogP contribution < -0.4 is 11.1 Å². The van der Waals surface area contributed by atoms with Crippen LogP contribution in [0.4, 0.5) is 15.2 Å². The number of nitrogens with zero attached hydrogens (tertiary/aromatic N) is 1. The molecule has 2 aromatic carbocycles. The second-order valence-electron chi connectivity index (χ2n) is 5.62. The zero-order valence-electron chi connectivity index (χ0n) is 14.1. The lowest BCUT2D eigenvalue weighted by atomic mass is 10.2. The van der Waals surface area contributed by atoms with Crippen LogP contribution in [0.3, 0.4) is 0 Å². The van der Waals surface area contributed by atoms with Crippen molar-refractivity contribution in [2.45, 2.75) is 23.5 Å². The first kappa shape index (κ1) is 18.4.